The van der Waals surface area contributed by atoms with Crippen molar-refractivity contribution in [2.45, 2.75) is 39.5 Å². The molecule has 0 heterocycles. The Morgan fingerprint density at radius 1 is 0.579 bits per heavy atom. The summed E-state index contributed by atoms with van der Waals surface area (Å²) in [5, 5.41) is 0. The van der Waals surface area contributed by atoms with Crippen molar-refractivity contribution in [2.75, 3.05) is 0 Å². The fraction of sp³-hybridized carbons (Fsp3) is 0.333. The molecule has 1 heteroatoms. The summed E-state index contributed by atoms with van der Waals surface area (Å²) in [7, 11) is 0. The van der Waals surface area contributed by atoms with Crippen LogP contribution in [0.1, 0.15) is 50.7 Å². The molecule has 0 atom stereocenters. The minimum atomic E-state index is -0.0366. The summed E-state index contributed by atoms with van der Waals surface area (Å²) in [6.07, 6.45) is 0. The van der Waals surface area contributed by atoms with Gasteiger partial charge in [-0.05, 0) is 47.2 Å². The van der Waals surface area contributed by atoms with Crippen molar-refractivity contribution in [1.29, 1.82) is 0 Å². The Morgan fingerprint density at radius 3 is 1.16 bits per heavy atom. The maximum absolute atomic E-state index is 2.30. The Labute approximate surface area is 127 Å². The van der Waals surface area contributed by atoms with Gasteiger partial charge in [-0.15, -0.1) is 0 Å². The molecule has 0 saturated carbocycles. The first-order valence-corrected chi connectivity index (χ1v) is 9.06. The van der Waals surface area contributed by atoms with Gasteiger partial charge >= 0.3 is 21.2 Å². The Morgan fingerprint density at radius 2 is 0.895 bits per heavy atom. The van der Waals surface area contributed by atoms with Gasteiger partial charge in [0.2, 0.25) is 0 Å². The maximum Gasteiger partial charge on any atom is 0.357 e. The molecule has 0 nitrogen and oxygen atoms in total. The molecule has 2 rings (SSSR count). The van der Waals surface area contributed by atoms with Gasteiger partial charge < -0.3 is 0 Å². The zero-order valence-corrected chi connectivity index (χ0v) is 14.3. The van der Waals surface area contributed by atoms with Gasteiger partial charge in [-0.25, -0.2) is 0 Å². The van der Waals surface area contributed by atoms with E-state index in [4.69, 9.17) is 0 Å². The lowest BCUT2D eigenvalue weighted by molar-refractivity contribution is -0.597. The standard InChI is InChI=1S/C18H22I/c1-13(2)15-5-9-17(10-6-15)19-18-11-7-16(8-12-18)14(3)4/h5-14H,1-4H3/q+1. The molecule has 0 N–H and O–H groups in total. The first-order chi connectivity index (χ1) is 9.06. The minimum Gasteiger partial charge on any atom is -0.0587 e. The summed E-state index contributed by atoms with van der Waals surface area (Å²) in [5.41, 5.74) is 2.87. The Balaban J connectivity index is 2.08. The predicted molar refractivity (Wildman–Crippen MR) is 78.5 cm³/mol. The molecule has 2 aromatic rings. The molecule has 0 aliphatic carbocycles. The molecule has 0 unspecified atom stereocenters. The van der Waals surface area contributed by atoms with Crippen molar-refractivity contribution in [3.8, 4) is 0 Å². The first kappa shape index (κ1) is 14.6. The van der Waals surface area contributed by atoms with E-state index in [9.17, 15) is 0 Å². The largest absolute Gasteiger partial charge is 0.357 e. The van der Waals surface area contributed by atoms with E-state index in [1.807, 2.05) is 0 Å². The lowest BCUT2D eigenvalue weighted by Gasteiger charge is -2.03. The van der Waals surface area contributed by atoms with Gasteiger partial charge in [0, 0.05) is 0 Å². The Bertz CT molecular complexity index is 457. The maximum atomic E-state index is 2.30. The molecule has 0 aromatic heterocycles. The molecule has 0 aliphatic rings. The van der Waals surface area contributed by atoms with Gasteiger partial charge in [0.15, 0.2) is 7.14 Å². The average molecular weight is 365 g/mol. The predicted octanol–water partition coefficient (Wildman–Crippen LogP) is 2.06. The molecular weight excluding hydrogens is 343 g/mol. The number of hydrogen-bond acceptors (Lipinski definition) is 0. The monoisotopic (exact) mass is 365 g/mol. The van der Waals surface area contributed by atoms with Crippen LogP contribution < -0.4 is 21.2 Å². The van der Waals surface area contributed by atoms with Gasteiger partial charge in [-0.2, -0.15) is 0 Å². The highest BCUT2D eigenvalue weighted by atomic mass is 127. The second kappa shape index (κ2) is 6.56. The third-order valence-electron chi connectivity index (χ3n) is 3.29. The van der Waals surface area contributed by atoms with Crippen LogP contribution in [-0.2, 0) is 0 Å². The molecule has 0 aliphatic heterocycles. The van der Waals surface area contributed by atoms with E-state index in [2.05, 4.69) is 76.2 Å². The van der Waals surface area contributed by atoms with E-state index in [1.54, 1.807) is 0 Å². The lowest BCUT2D eigenvalue weighted by atomic mass is 10.0. The molecule has 0 radical (unpaired) electrons. The highest BCUT2D eigenvalue weighted by Crippen LogP contribution is 2.13. The van der Waals surface area contributed by atoms with Gasteiger partial charge in [-0.3, -0.25) is 0 Å². The minimum absolute atomic E-state index is 0.0366. The number of hydrogen-bond donors (Lipinski definition) is 0. The van der Waals surface area contributed by atoms with Gasteiger partial charge in [0.1, 0.15) is 0 Å². The molecule has 0 amide bonds. The van der Waals surface area contributed by atoms with Crippen molar-refractivity contribution in [1.82, 2.24) is 0 Å². The fourth-order valence-corrected chi connectivity index (χ4v) is 4.10. The van der Waals surface area contributed by atoms with Gasteiger partial charge in [-0.1, -0.05) is 52.0 Å². The van der Waals surface area contributed by atoms with E-state index in [0.29, 0.717) is 11.8 Å². The molecule has 0 spiro atoms. The smallest absolute Gasteiger partial charge is 0.0587 e. The second-order valence-corrected chi connectivity index (χ2v) is 8.54. The van der Waals surface area contributed by atoms with E-state index in [0.717, 1.165) is 0 Å². The highest BCUT2D eigenvalue weighted by Gasteiger charge is 2.15. The number of benzene rings is 2. The fourth-order valence-electron chi connectivity index (χ4n) is 1.95. The topological polar surface area (TPSA) is 0 Å². The molecule has 0 bridgehead atoms. The molecular formula is C18H22I+. The average Bonchev–Trinajstić information content (AvgIpc) is 2.40. The summed E-state index contributed by atoms with van der Waals surface area (Å²) in [6, 6.07) is 18.3. The van der Waals surface area contributed by atoms with Gasteiger partial charge in [0.25, 0.3) is 0 Å². The summed E-state index contributed by atoms with van der Waals surface area (Å²) in [5.74, 6) is 1.25. The summed E-state index contributed by atoms with van der Waals surface area (Å²) >= 11 is -0.0366. The van der Waals surface area contributed by atoms with E-state index < -0.39 is 0 Å². The third-order valence-corrected chi connectivity index (χ3v) is 5.98. The van der Waals surface area contributed by atoms with Crippen LogP contribution in [0.3, 0.4) is 0 Å². The van der Waals surface area contributed by atoms with E-state index in [-0.39, 0.29) is 21.2 Å². The molecule has 0 saturated heterocycles. The summed E-state index contributed by atoms with van der Waals surface area (Å²) in [6.45, 7) is 8.98. The van der Waals surface area contributed by atoms with Crippen LogP contribution in [-0.4, -0.2) is 0 Å². The van der Waals surface area contributed by atoms with Crippen molar-refractivity contribution in [3.05, 3.63) is 66.8 Å². The molecule has 0 fully saturated rings. The number of rotatable bonds is 4. The van der Waals surface area contributed by atoms with Crippen molar-refractivity contribution in [2.24, 2.45) is 0 Å². The Hall–Kier alpha value is -0.830. The van der Waals surface area contributed by atoms with E-state index >= 15 is 0 Å². The van der Waals surface area contributed by atoms with Crippen LogP contribution in [0, 0.1) is 7.14 Å². The van der Waals surface area contributed by atoms with Crippen LogP contribution in [0.5, 0.6) is 0 Å². The highest BCUT2D eigenvalue weighted by molar-refractivity contribution is 5.19. The van der Waals surface area contributed by atoms with Gasteiger partial charge in [0.05, 0.1) is 0 Å². The number of halogens is 1. The quantitative estimate of drug-likeness (QED) is 0.728. The summed E-state index contributed by atoms with van der Waals surface area (Å²) < 4.78 is 3.00. The van der Waals surface area contributed by atoms with E-state index in [1.165, 1.54) is 18.3 Å². The second-order valence-electron chi connectivity index (χ2n) is 5.51. The zero-order chi connectivity index (χ0) is 13.8. The SMILES string of the molecule is CC(C)c1ccc([I+]c2ccc(C(C)C)cc2)cc1. The molecule has 2 aromatic carbocycles. The summed E-state index contributed by atoms with van der Waals surface area (Å²) in [4.78, 5) is 0. The van der Waals surface area contributed by atoms with Crippen LogP contribution in [0.4, 0.5) is 0 Å². The van der Waals surface area contributed by atoms with Crippen LogP contribution in [0.2, 0.25) is 0 Å². The van der Waals surface area contributed by atoms with Crippen LogP contribution in [0.15, 0.2) is 48.5 Å². The van der Waals surface area contributed by atoms with Crippen molar-refractivity contribution >= 4 is 0 Å². The molecule has 100 valence electrons. The van der Waals surface area contributed by atoms with Crippen LogP contribution in [0.25, 0.3) is 0 Å². The van der Waals surface area contributed by atoms with Crippen molar-refractivity contribution < 1.29 is 21.2 Å². The van der Waals surface area contributed by atoms with Crippen molar-refractivity contribution in [3.63, 3.8) is 0 Å². The third kappa shape index (κ3) is 4.07. The molecule has 19 heavy (non-hydrogen) atoms. The zero-order valence-electron chi connectivity index (χ0n) is 12.2. The van der Waals surface area contributed by atoms with Crippen LogP contribution >= 0.6 is 0 Å². The normalized spacial score (nSPS) is 11.3. The Kier molecular flexibility index (Phi) is 5.03. The first-order valence-electron chi connectivity index (χ1n) is 6.91. The lowest BCUT2D eigenvalue weighted by Crippen LogP contribution is -3.61.